The van der Waals surface area contributed by atoms with Crippen LogP contribution in [0.3, 0.4) is 0 Å². The Morgan fingerprint density at radius 1 is 1.05 bits per heavy atom. The Morgan fingerprint density at radius 2 is 1.81 bits per heavy atom. The monoisotopic (exact) mass is 505 g/mol. The second-order valence-corrected chi connectivity index (χ2v) is 8.52. The van der Waals surface area contributed by atoms with Gasteiger partial charge in [-0.2, -0.15) is 0 Å². The number of unbranched alkanes of at least 4 members (excludes halogenated alkanes) is 1. The summed E-state index contributed by atoms with van der Waals surface area (Å²) >= 11 is 0. The molecule has 0 spiro atoms. The van der Waals surface area contributed by atoms with E-state index in [1.54, 1.807) is 55.5 Å². The summed E-state index contributed by atoms with van der Waals surface area (Å²) in [6.07, 6.45) is 1.86. The summed E-state index contributed by atoms with van der Waals surface area (Å²) in [6, 6.07) is 12.0. The van der Waals surface area contributed by atoms with E-state index in [1.165, 1.54) is 12.0 Å². The van der Waals surface area contributed by atoms with Crippen LogP contribution >= 0.6 is 0 Å². The molecule has 1 unspecified atom stereocenters. The van der Waals surface area contributed by atoms with Gasteiger partial charge in [0.2, 0.25) is 5.78 Å². The Labute approximate surface area is 215 Å². The van der Waals surface area contributed by atoms with E-state index >= 15 is 0 Å². The molecule has 1 fully saturated rings. The second-order valence-electron chi connectivity index (χ2n) is 8.52. The zero-order chi connectivity index (χ0) is 26.5. The van der Waals surface area contributed by atoms with Gasteiger partial charge in [-0.1, -0.05) is 42.5 Å². The van der Waals surface area contributed by atoms with Crippen LogP contribution in [0.25, 0.3) is 5.76 Å². The number of nitrogens with zero attached hydrogens (tertiary/aromatic N) is 2. The van der Waals surface area contributed by atoms with Crippen LogP contribution in [0, 0.1) is 6.92 Å². The molecule has 0 bridgehead atoms. The minimum Gasteiger partial charge on any atom is -0.872 e. The molecule has 0 N–H and O–H groups in total. The average molecular weight is 506 g/mol. The van der Waals surface area contributed by atoms with Crippen molar-refractivity contribution < 1.29 is 33.4 Å². The maximum absolute atomic E-state index is 13.7. The van der Waals surface area contributed by atoms with Gasteiger partial charge in [0, 0.05) is 11.6 Å². The highest BCUT2D eigenvalue weighted by molar-refractivity contribution is 6.51. The number of rotatable bonds is 10. The molecule has 9 heteroatoms. The first kappa shape index (κ1) is 25.8. The van der Waals surface area contributed by atoms with Crippen molar-refractivity contribution in [3.63, 3.8) is 0 Å². The van der Waals surface area contributed by atoms with Gasteiger partial charge < -0.3 is 23.8 Å². The Hall–Kier alpha value is -4.27. The Kier molecular flexibility index (Phi) is 7.81. The summed E-state index contributed by atoms with van der Waals surface area (Å²) in [7, 11) is 1.51. The molecule has 2 aromatic carbocycles. The first-order valence-corrected chi connectivity index (χ1v) is 12.2. The molecule has 2 heterocycles. The summed E-state index contributed by atoms with van der Waals surface area (Å²) in [6.45, 7) is 6.60. The van der Waals surface area contributed by atoms with E-state index in [0.29, 0.717) is 41.8 Å². The van der Waals surface area contributed by atoms with Gasteiger partial charge in [-0.25, -0.2) is 0 Å². The Balaban J connectivity index is 1.84. The highest BCUT2D eigenvalue weighted by atomic mass is 16.5. The zero-order valence-electron chi connectivity index (χ0n) is 21.3. The van der Waals surface area contributed by atoms with Gasteiger partial charge in [0.05, 0.1) is 26.4 Å². The minimum atomic E-state index is -1.04. The van der Waals surface area contributed by atoms with Crippen LogP contribution in [-0.4, -0.2) is 37.2 Å². The smallest absolute Gasteiger partial charge is 0.301 e. The van der Waals surface area contributed by atoms with Crippen molar-refractivity contribution in [1.82, 2.24) is 5.16 Å². The normalized spacial score (nSPS) is 16.8. The minimum absolute atomic E-state index is 0.137. The number of hydrogen-bond donors (Lipinski definition) is 0. The summed E-state index contributed by atoms with van der Waals surface area (Å²) < 4.78 is 22.0. The molecule has 37 heavy (non-hydrogen) atoms. The van der Waals surface area contributed by atoms with Gasteiger partial charge in [-0.3, -0.25) is 14.5 Å². The lowest BCUT2D eigenvalue weighted by Crippen LogP contribution is -2.29. The van der Waals surface area contributed by atoms with Crippen molar-refractivity contribution in [3.8, 4) is 17.2 Å². The van der Waals surface area contributed by atoms with Gasteiger partial charge in [0.15, 0.2) is 17.3 Å². The lowest BCUT2D eigenvalue weighted by molar-refractivity contribution is -0.245. The number of Topliss-reactive ketones (excluding diaryl/α,β-unsaturated/α-hetero) is 1. The highest BCUT2D eigenvalue weighted by Gasteiger charge is 2.46. The first-order valence-electron chi connectivity index (χ1n) is 12.2. The molecule has 0 saturated carbocycles. The molecule has 9 nitrogen and oxygen atoms in total. The summed E-state index contributed by atoms with van der Waals surface area (Å²) in [5, 5.41) is 17.6. The van der Waals surface area contributed by atoms with Gasteiger partial charge in [0.1, 0.15) is 11.5 Å². The molecule has 3 aromatic rings. The van der Waals surface area contributed by atoms with Crippen LogP contribution in [0.15, 0.2) is 58.6 Å². The third-order valence-electron chi connectivity index (χ3n) is 5.98. The predicted molar refractivity (Wildman–Crippen MR) is 134 cm³/mol. The van der Waals surface area contributed by atoms with E-state index in [4.69, 9.17) is 18.7 Å². The number of carbonyl (C=O) groups is 2. The molecule has 1 saturated heterocycles. The summed E-state index contributed by atoms with van der Waals surface area (Å²) in [5.74, 6) is -0.186. The molecular weight excluding hydrogens is 476 g/mol. The number of carbonyl (C=O) groups excluding carboxylic acids is 2. The number of benzene rings is 2. The maximum Gasteiger partial charge on any atom is 0.301 e. The first-order chi connectivity index (χ1) is 17.9. The fraction of sp³-hybridized carbons (Fsp3) is 0.321. The van der Waals surface area contributed by atoms with Crippen LogP contribution in [0.4, 0.5) is 5.82 Å². The van der Waals surface area contributed by atoms with E-state index in [2.05, 4.69) is 12.1 Å². The van der Waals surface area contributed by atoms with Crippen molar-refractivity contribution in [1.29, 1.82) is 0 Å². The van der Waals surface area contributed by atoms with Crippen LogP contribution in [0.1, 0.15) is 49.6 Å². The highest BCUT2D eigenvalue weighted by Crippen LogP contribution is 2.43. The van der Waals surface area contributed by atoms with Crippen molar-refractivity contribution >= 4 is 23.3 Å². The Bertz CT molecular complexity index is 1310. The standard InChI is InChI=1S/C28H30N2O7/c1-5-7-14-36-21-13-10-19(16-22(21)34-4)25-24(26(31)18-8-11-20(12-9-18)35-6-2)27(32)28(33)30(25)23-15-17(3)37-29-23/h8-13,15-16,25,31H,5-7,14H2,1-4H3/p-1. The second kappa shape index (κ2) is 11.2. The van der Waals surface area contributed by atoms with Gasteiger partial charge >= 0.3 is 5.91 Å². The number of ether oxygens (including phenoxy) is 3. The van der Waals surface area contributed by atoms with Crippen LogP contribution in [0.2, 0.25) is 0 Å². The number of methoxy groups -OCH3 is 1. The average Bonchev–Trinajstić information content (AvgIpc) is 3.44. The molecular formula is C28H29N2O7-. The molecule has 0 aliphatic carbocycles. The van der Waals surface area contributed by atoms with E-state index in [9.17, 15) is 14.7 Å². The van der Waals surface area contributed by atoms with E-state index in [1.807, 2.05) is 6.92 Å². The molecule has 1 aliphatic rings. The SMILES string of the molecule is CCCCOc1ccc(C2C(=C([O-])c3ccc(OCC)cc3)C(=O)C(=O)N2c2cc(C)on2)cc1OC. The van der Waals surface area contributed by atoms with Crippen molar-refractivity contribution in [3.05, 3.63) is 71.0 Å². The number of aryl methyl sites for hydroxylation is 1. The van der Waals surface area contributed by atoms with E-state index in [-0.39, 0.29) is 17.0 Å². The molecule has 4 rings (SSSR count). The largest absolute Gasteiger partial charge is 0.872 e. The predicted octanol–water partition coefficient (Wildman–Crippen LogP) is 4.00. The van der Waals surface area contributed by atoms with Crippen molar-refractivity contribution in [2.75, 3.05) is 25.2 Å². The molecule has 1 aromatic heterocycles. The fourth-order valence-corrected chi connectivity index (χ4v) is 4.17. The maximum atomic E-state index is 13.7. The molecule has 1 aliphatic heterocycles. The van der Waals surface area contributed by atoms with Crippen LogP contribution in [0.5, 0.6) is 17.2 Å². The molecule has 1 amide bonds. The molecule has 194 valence electrons. The quantitative estimate of drug-likeness (QED) is 0.176. The fourth-order valence-electron chi connectivity index (χ4n) is 4.17. The van der Waals surface area contributed by atoms with Crippen LogP contribution < -0.4 is 24.2 Å². The zero-order valence-corrected chi connectivity index (χ0v) is 21.3. The van der Waals surface area contributed by atoms with E-state index in [0.717, 1.165) is 12.8 Å². The lowest BCUT2D eigenvalue weighted by atomic mass is 9.95. The third kappa shape index (κ3) is 5.16. The van der Waals surface area contributed by atoms with E-state index < -0.39 is 23.5 Å². The molecule has 1 atom stereocenters. The van der Waals surface area contributed by atoms with Gasteiger partial charge in [-0.05, 0) is 55.7 Å². The number of ketones is 1. The molecule has 0 radical (unpaired) electrons. The number of aromatic nitrogens is 1. The van der Waals surface area contributed by atoms with Crippen molar-refractivity contribution in [2.45, 2.75) is 39.7 Å². The van der Waals surface area contributed by atoms with Gasteiger partial charge in [-0.15, -0.1) is 0 Å². The third-order valence-corrected chi connectivity index (χ3v) is 5.98. The Morgan fingerprint density at radius 3 is 2.43 bits per heavy atom. The number of anilines is 1. The van der Waals surface area contributed by atoms with Gasteiger partial charge in [0.25, 0.3) is 0 Å². The summed E-state index contributed by atoms with van der Waals surface area (Å²) in [4.78, 5) is 27.7. The lowest BCUT2D eigenvalue weighted by Gasteiger charge is -2.26. The summed E-state index contributed by atoms with van der Waals surface area (Å²) in [5.41, 5.74) is 0.569. The van der Waals surface area contributed by atoms with Crippen molar-refractivity contribution in [2.24, 2.45) is 0 Å². The number of amides is 1. The number of hydrogen-bond acceptors (Lipinski definition) is 8. The van der Waals surface area contributed by atoms with Crippen LogP contribution in [-0.2, 0) is 9.59 Å². The topological polar surface area (TPSA) is 114 Å².